The minimum atomic E-state index is -0.458. The third kappa shape index (κ3) is 6.23. The predicted octanol–water partition coefficient (Wildman–Crippen LogP) is 4.44. The number of nitrogens with zero attached hydrogens (tertiary/aromatic N) is 4. The molecule has 0 fully saturated rings. The van der Waals surface area contributed by atoms with Crippen LogP contribution >= 0.6 is 0 Å². The SMILES string of the molecule is CCCCCCCCn1cc(C(=O)C=Cc2ccc([N+](=O)[O-])cc2)nn1. The summed E-state index contributed by atoms with van der Waals surface area (Å²) >= 11 is 0. The third-order valence-electron chi connectivity index (χ3n) is 4.06. The van der Waals surface area contributed by atoms with Crippen LogP contribution in [0.1, 0.15) is 61.5 Å². The Labute approximate surface area is 152 Å². The van der Waals surface area contributed by atoms with E-state index in [0.717, 1.165) is 19.4 Å². The van der Waals surface area contributed by atoms with Crippen LogP contribution in [0.2, 0.25) is 0 Å². The van der Waals surface area contributed by atoms with Crippen molar-refractivity contribution in [2.24, 2.45) is 0 Å². The second-order valence-electron chi connectivity index (χ2n) is 6.18. The van der Waals surface area contributed by atoms with Gasteiger partial charge in [0.2, 0.25) is 5.78 Å². The van der Waals surface area contributed by atoms with E-state index in [1.54, 1.807) is 29.1 Å². The van der Waals surface area contributed by atoms with Crippen molar-refractivity contribution in [3.05, 3.63) is 57.9 Å². The lowest BCUT2D eigenvalue weighted by Gasteiger charge is -2.00. The quantitative estimate of drug-likeness (QED) is 0.195. The Hall–Kier alpha value is -2.83. The normalized spacial score (nSPS) is 11.1. The van der Waals surface area contributed by atoms with Gasteiger partial charge >= 0.3 is 0 Å². The number of hydrogen-bond acceptors (Lipinski definition) is 5. The van der Waals surface area contributed by atoms with Gasteiger partial charge in [-0.3, -0.25) is 19.6 Å². The summed E-state index contributed by atoms with van der Waals surface area (Å²) in [5, 5.41) is 18.5. The molecule has 1 aromatic heterocycles. The van der Waals surface area contributed by atoms with Crippen molar-refractivity contribution in [1.29, 1.82) is 0 Å². The van der Waals surface area contributed by atoms with E-state index in [1.807, 2.05) is 0 Å². The number of ketones is 1. The second kappa shape index (κ2) is 10.2. The Balaban J connectivity index is 1.82. The van der Waals surface area contributed by atoms with E-state index in [4.69, 9.17) is 0 Å². The molecule has 1 heterocycles. The molecule has 0 aliphatic carbocycles. The van der Waals surface area contributed by atoms with Crippen molar-refractivity contribution in [2.75, 3.05) is 0 Å². The molecule has 0 unspecified atom stereocenters. The number of unbranched alkanes of at least 4 members (excludes halogenated alkanes) is 5. The standard InChI is InChI=1S/C19H24N4O3/c1-2-3-4-5-6-7-14-22-15-18(20-21-22)19(24)13-10-16-8-11-17(12-9-16)23(25)26/h8-13,15H,2-7,14H2,1H3. The molecular weight excluding hydrogens is 332 g/mol. The first kappa shape index (κ1) is 19.5. The highest BCUT2D eigenvalue weighted by Crippen LogP contribution is 2.13. The van der Waals surface area contributed by atoms with E-state index in [-0.39, 0.29) is 11.5 Å². The summed E-state index contributed by atoms with van der Waals surface area (Å²) in [4.78, 5) is 22.3. The van der Waals surface area contributed by atoms with Crippen LogP contribution in [-0.2, 0) is 6.54 Å². The van der Waals surface area contributed by atoms with Gasteiger partial charge in [0.15, 0.2) is 5.69 Å². The minimum absolute atomic E-state index is 0.0195. The van der Waals surface area contributed by atoms with E-state index in [1.165, 1.54) is 43.9 Å². The fourth-order valence-corrected chi connectivity index (χ4v) is 2.54. The number of nitro groups is 1. The van der Waals surface area contributed by atoms with Crippen molar-refractivity contribution in [2.45, 2.75) is 52.0 Å². The van der Waals surface area contributed by atoms with E-state index < -0.39 is 4.92 Å². The zero-order chi connectivity index (χ0) is 18.8. The van der Waals surface area contributed by atoms with Gasteiger partial charge in [-0.05, 0) is 30.2 Å². The van der Waals surface area contributed by atoms with Gasteiger partial charge in [0.25, 0.3) is 5.69 Å². The molecule has 0 aliphatic rings. The third-order valence-corrected chi connectivity index (χ3v) is 4.06. The highest BCUT2D eigenvalue weighted by Gasteiger charge is 2.08. The summed E-state index contributed by atoms with van der Waals surface area (Å²) in [6.07, 6.45) is 11.9. The number of allylic oxidation sites excluding steroid dienone is 1. The first-order valence-corrected chi connectivity index (χ1v) is 8.97. The average molecular weight is 356 g/mol. The zero-order valence-electron chi connectivity index (χ0n) is 15.0. The molecule has 2 aromatic rings. The van der Waals surface area contributed by atoms with Gasteiger partial charge in [0, 0.05) is 18.7 Å². The molecule has 0 atom stereocenters. The Morgan fingerprint density at radius 3 is 2.54 bits per heavy atom. The number of aryl methyl sites for hydroxylation is 1. The van der Waals surface area contributed by atoms with E-state index in [0.29, 0.717) is 11.3 Å². The number of carbonyl (C=O) groups is 1. The summed E-state index contributed by atoms with van der Waals surface area (Å²) in [7, 11) is 0. The zero-order valence-corrected chi connectivity index (χ0v) is 15.0. The lowest BCUT2D eigenvalue weighted by Crippen LogP contribution is -1.98. The van der Waals surface area contributed by atoms with Gasteiger partial charge < -0.3 is 0 Å². The molecule has 0 N–H and O–H groups in total. The summed E-state index contributed by atoms with van der Waals surface area (Å²) in [5.74, 6) is -0.238. The van der Waals surface area contributed by atoms with Crippen LogP contribution in [-0.4, -0.2) is 25.7 Å². The number of benzene rings is 1. The maximum Gasteiger partial charge on any atom is 0.269 e. The fourth-order valence-electron chi connectivity index (χ4n) is 2.54. The van der Waals surface area contributed by atoms with Crippen molar-refractivity contribution >= 4 is 17.5 Å². The molecule has 26 heavy (non-hydrogen) atoms. The first-order chi connectivity index (χ1) is 12.6. The monoisotopic (exact) mass is 356 g/mol. The number of nitro benzene ring substituents is 1. The summed E-state index contributed by atoms with van der Waals surface area (Å²) in [6.45, 7) is 2.96. The van der Waals surface area contributed by atoms with Crippen LogP contribution in [0.4, 0.5) is 5.69 Å². The molecule has 0 saturated carbocycles. The van der Waals surface area contributed by atoms with Gasteiger partial charge in [0.1, 0.15) is 0 Å². The van der Waals surface area contributed by atoms with Crippen LogP contribution in [0.25, 0.3) is 6.08 Å². The molecule has 1 aromatic carbocycles. The molecule has 7 nitrogen and oxygen atoms in total. The molecule has 0 radical (unpaired) electrons. The average Bonchev–Trinajstić information content (AvgIpc) is 3.12. The van der Waals surface area contributed by atoms with Crippen LogP contribution < -0.4 is 0 Å². The molecular formula is C19H24N4O3. The van der Waals surface area contributed by atoms with Crippen molar-refractivity contribution in [3.63, 3.8) is 0 Å². The largest absolute Gasteiger partial charge is 0.287 e. The number of carbonyl (C=O) groups excluding carboxylic acids is 1. The second-order valence-corrected chi connectivity index (χ2v) is 6.18. The molecule has 7 heteroatoms. The maximum atomic E-state index is 12.1. The lowest BCUT2D eigenvalue weighted by atomic mass is 10.1. The first-order valence-electron chi connectivity index (χ1n) is 8.97. The molecule has 0 aliphatic heterocycles. The number of non-ortho nitro benzene ring substituents is 1. The van der Waals surface area contributed by atoms with Crippen molar-refractivity contribution in [3.8, 4) is 0 Å². The smallest absolute Gasteiger partial charge is 0.269 e. The van der Waals surface area contributed by atoms with Gasteiger partial charge in [0.05, 0.1) is 11.1 Å². The highest BCUT2D eigenvalue weighted by molar-refractivity contribution is 6.05. The number of rotatable bonds is 11. The summed E-state index contributed by atoms with van der Waals surface area (Å²) in [6, 6.07) is 6.00. The van der Waals surface area contributed by atoms with Crippen LogP contribution in [0.5, 0.6) is 0 Å². The van der Waals surface area contributed by atoms with Crippen LogP contribution in [0.3, 0.4) is 0 Å². The molecule has 138 valence electrons. The Kier molecular flexibility index (Phi) is 7.67. The highest BCUT2D eigenvalue weighted by atomic mass is 16.6. The molecule has 0 bridgehead atoms. The Bertz CT molecular complexity index is 750. The summed E-state index contributed by atoms with van der Waals surface area (Å²) in [5.41, 5.74) is 1.03. The van der Waals surface area contributed by atoms with Crippen molar-refractivity contribution in [1.82, 2.24) is 15.0 Å². The van der Waals surface area contributed by atoms with Gasteiger partial charge in [-0.15, -0.1) is 5.10 Å². The topological polar surface area (TPSA) is 90.9 Å². The van der Waals surface area contributed by atoms with Crippen molar-refractivity contribution < 1.29 is 9.72 Å². The molecule has 2 rings (SSSR count). The van der Waals surface area contributed by atoms with Gasteiger partial charge in [-0.25, -0.2) is 0 Å². The van der Waals surface area contributed by atoms with E-state index in [9.17, 15) is 14.9 Å². The van der Waals surface area contributed by atoms with E-state index in [2.05, 4.69) is 17.2 Å². The van der Waals surface area contributed by atoms with Gasteiger partial charge in [-0.2, -0.15) is 0 Å². The number of aromatic nitrogens is 3. The number of hydrogen-bond donors (Lipinski definition) is 0. The van der Waals surface area contributed by atoms with Crippen LogP contribution in [0.15, 0.2) is 36.5 Å². The molecule has 0 spiro atoms. The Morgan fingerprint density at radius 1 is 1.15 bits per heavy atom. The lowest BCUT2D eigenvalue weighted by molar-refractivity contribution is -0.384. The minimum Gasteiger partial charge on any atom is -0.287 e. The molecule has 0 amide bonds. The predicted molar refractivity (Wildman–Crippen MR) is 99.9 cm³/mol. The van der Waals surface area contributed by atoms with Crippen LogP contribution in [0, 0.1) is 10.1 Å². The maximum absolute atomic E-state index is 12.1. The molecule has 0 saturated heterocycles. The van der Waals surface area contributed by atoms with Gasteiger partial charge in [-0.1, -0.05) is 50.3 Å². The van der Waals surface area contributed by atoms with E-state index >= 15 is 0 Å². The summed E-state index contributed by atoms with van der Waals surface area (Å²) < 4.78 is 1.70. The Morgan fingerprint density at radius 2 is 1.85 bits per heavy atom. The fraction of sp³-hybridized carbons (Fsp3) is 0.421.